The van der Waals surface area contributed by atoms with Gasteiger partial charge in [0.1, 0.15) is 17.2 Å². The second-order valence-corrected chi connectivity index (χ2v) is 4.30. The number of nitrogens with zero attached hydrogens (tertiary/aromatic N) is 1. The molecule has 4 nitrogen and oxygen atoms in total. The number of halogens is 2. The zero-order chi connectivity index (χ0) is 14.8. The van der Waals surface area contributed by atoms with Crippen molar-refractivity contribution in [3.63, 3.8) is 0 Å². The van der Waals surface area contributed by atoms with E-state index in [1.807, 2.05) is 0 Å². The molecule has 3 aromatic rings. The van der Waals surface area contributed by atoms with E-state index in [-0.39, 0.29) is 11.5 Å². The van der Waals surface area contributed by atoms with Crippen LogP contribution in [0.25, 0.3) is 11.3 Å². The molecule has 2 aromatic carbocycles. The average Bonchev–Trinajstić information content (AvgIpc) is 2.91. The Morgan fingerprint density at radius 3 is 2.62 bits per heavy atom. The van der Waals surface area contributed by atoms with E-state index in [2.05, 4.69) is 10.2 Å². The molecule has 1 aromatic heterocycles. The maximum atomic E-state index is 13.2. The Hall–Kier alpha value is -2.89. The third-order valence-corrected chi connectivity index (χ3v) is 2.90. The minimum Gasteiger partial charge on any atom is -0.507 e. The average molecular weight is 288 g/mol. The lowest BCUT2D eigenvalue weighted by molar-refractivity contribution is 0.460. The standard InChI is InChI=1S/C15H10F2N2O2/c16-11-6-5-9(7-12(11)17)21-14-8-18-19-15(14)10-3-1-2-4-13(10)20/h1-8,20H,(H,18,19). The fourth-order valence-electron chi connectivity index (χ4n) is 1.90. The van der Waals surface area contributed by atoms with Crippen LogP contribution in [0.2, 0.25) is 0 Å². The van der Waals surface area contributed by atoms with E-state index in [0.29, 0.717) is 17.0 Å². The van der Waals surface area contributed by atoms with Gasteiger partial charge in [-0.1, -0.05) is 12.1 Å². The van der Waals surface area contributed by atoms with Crippen LogP contribution in [0.1, 0.15) is 0 Å². The molecule has 0 bridgehead atoms. The van der Waals surface area contributed by atoms with E-state index in [9.17, 15) is 13.9 Å². The van der Waals surface area contributed by atoms with E-state index in [4.69, 9.17) is 4.74 Å². The van der Waals surface area contributed by atoms with Crippen molar-refractivity contribution < 1.29 is 18.6 Å². The van der Waals surface area contributed by atoms with Crippen molar-refractivity contribution in [1.29, 1.82) is 0 Å². The molecule has 0 atom stereocenters. The van der Waals surface area contributed by atoms with Gasteiger partial charge in [-0.25, -0.2) is 8.78 Å². The number of phenolic OH excluding ortho intramolecular Hbond substituents is 1. The summed E-state index contributed by atoms with van der Waals surface area (Å²) in [6, 6.07) is 9.86. The highest BCUT2D eigenvalue weighted by Gasteiger charge is 2.14. The lowest BCUT2D eigenvalue weighted by Gasteiger charge is -2.07. The first-order valence-corrected chi connectivity index (χ1v) is 6.10. The van der Waals surface area contributed by atoms with Crippen molar-refractivity contribution in [3.8, 4) is 28.5 Å². The Bertz CT molecular complexity index is 787. The number of aromatic nitrogens is 2. The van der Waals surface area contributed by atoms with Crippen molar-refractivity contribution in [2.45, 2.75) is 0 Å². The quantitative estimate of drug-likeness (QED) is 0.769. The number of hydrogen-bond acceptors (Lipinski definition) is 3. The van der Waals surface area contributed by atoms with Gasteiger partial charge in [0, 0.05) is 11.6 Å². The van der Waals surface area contributed by atoms with Gasteiger partial charge in [0.05, 0.1) is 6.20 Å². The fraction of sp³-hybridized carbons (Fsp3) is 0. The van der Waals surface area contributed by atoms with E-state index in [0.717, 1.165) is 12.1 Å². The maximum Gasteiger partial charge on any atom is 0.173 e. The van der Waals surface area contributed by atoms with Gasteiger partial charge in [0.25, 0.3) is 0 Å². The minimum absolute atomic E-state index is 0.0527. The fourth-order valence-corrected chi connectivity index (χ4v) is 1.90. The molecule has 1 heterocycles. The van der Waals surface area contributed by atoms with Crippen LogP contribution in [0.4, 0.5) is 8.78 Å². The maximum absolute atomic E-state index is 13.2. The third kappa shape index (κ3) is 2.55. The lowest BCUT2D eigenvalue weighted by atomic mass is 10.1. The number of nitrogens with one attached hydrogen (secondary N) is 1. The van der Waals surface area contributed by atoms with Crippen LogP contribution < -0.4 is 4.74 Å². The van der Waals surface area contributed by atoms with Gasteiger partial charge in [-0.2, -0.15) is 5.10 Å². The van der Waals surface area contributed by atoms with Gasteiger partial charge in [-0.05, 0) is 24.3 Å². The molecular weight excluding hydrogens is 278 g/mol. The second-order valence-electron chi connectivity index (χ2n) is 4.30. The Morgan fingerprint density at radius 2 is 1.86 bits per heavy atom. The number of para-hydroxylation sites is 1. The molecule has 0 saturated heterocycles. The first-order valence-electron chi connectivity index (χ1n) is 6.10. The third-order valence-electron chi connectivity index (χ3n) is 2.90. The molecule has 0 radical (unpaired) electrons. The predicted molar refractivity (Wildman–Crippen MR) is 72.1 cm³/mol. The number of hydrogen-bond donors (Lipinski definition) is 2. The molecule has 0 aliphatic rings. The zero-order valence-corrected chi connectivity index (χ0v) is 10.7. The van der Waals surface area contributed by atoms with E-state index >= 15 is 0 Å². The Kier molecular flexibility index (Phi) is 3.27. The normalized spacial score (nSPS) is 10.6. The van der Waals surface area contributed by atoms with Gasteiger partial charge in [0.15, 0.2) is 17.4 Å². The van der Waals surface area contributed by atoms with Gasteiger partial charge < -0.3 is 9.84 Å². The summed E-state index contributed by atoms with van der Waals surface area (Å²) in [7, 11) is 0. The molecule has 0 amide bonds. The van der Waals surface area contributed by atoms with Crippen LogP contribution in [0.3, 0.4) is 0 Å². The van der Waals surface area contributed by atoms with Crippen LogP contribution in [-0.4, -0.2) is 15.3 Å². The summed E-state index contributed by atoms with van der Waals surface area (Å²) in [6.07, 6.45) is 1.39. The monoisotopic (exact) mass is 288 g/mol. The van der Waals surface area contributed by atoms with Crippen molar-refractivity contribution in [2.24, 2.45) is 0 Å². The van der Waals surface area contributed by atoms with E-state index in [1.165, 1.54) is 18.3 Å². The molecule has 0 aliphatic heterocycles. The van der Waals surface area contributed by atoms with Crippen molar-refractivity contribution >= 4 is 0 Å². The Morgan fingerprint density at radius 1 is 1.05 bits per heavy atom. The molecule has 0 unspecified atom stereocenters. The first-order chi connectivity index (χ1) is 10.1. The number of rotatable bonds is 3. The van der Waals surface area contributed by atoms with Crippen LogP contribution in [0.15, 0.2) is 48.7 Å². The molecule has 0 fully saturated rings. The summed E-state index contributed by atoms with van der Waals surface area (Å²) in [6.45, 7) is 0. The van der Waals surface area contributed by atoms with Gasteiger partial charge >= 0.3 is 0 Å². The van der Waals surface area contributed by atoms with Crippen LogP contribution in [0, 0.1) is 11.6 Å². The second kappa shape index (κ2) is 5.24. The van der Waals surface area contributed by atoms with Crippen molar-refractivity contribution in [2.75, 3.05) is 0 Å². The minimum atomic E-state index is -1.000. The van der Waals surface area contributed by atoms with E-state index < -0.39 is 11.6 Å². The highest BCUT2D eigenvalue weighted by atomic mass is 19.2. The highest BCUT2D eigenvalue weighted by molar-refractivity contribution is 5.71. The first kappa shape index (κ1) is 13.1. The number of phenols is 1. The summed E-state index contributed by atoms with van der Waals surface area (Å²) in [5.41, 5.74) is 0.936. The zero-order valence-electron chi connectivity index (χ0n) is 10.7. The molecule has 0 aliphatic carbocycles. The largest absolute Gasteiger partial charge is 0.507 e. The SMILES string of the molecule is Oc1ccccc1-c1[nH]ncc1Oc1ccc(F)c(F)c1. The molecule has 3 rings (SSSR count). The molecule has 21 heavy (non-hydrogen) atoms. The number of benzene rings is 2. The highest BCUT2D eigenvalue weighted by Crippen LogP contribution is 2.36. The van der Waals surface area contributed by atoms with Gasteiger partial charge in [-0.3, -0.25) is 5.10 Å². The number of aromatic hydroxyl groups is 1. The predicted octanol–water partition coefficient (Wildman–Crippen LogP) is 3.85. The summed E-state index contributed by atoms with van der Waals surface area (Å²) >= 11 is 0. The van der Waals surface area contributed by atoms with Crippen molar-refractivity contribution in [1.82, 2.24) is 10.2 Å². The topological polar surface area (TPSA) is 58.1 Å². The number of ether oxygens (including phenoxy) is 1. The van der Waals surface area contributed by atoms with Crippen LogP contribution >= 0.6 is 0 Å². The Labute approximate surface area is 118 Å². The molecule has 0 spiro atoms. The molecule has 6 heteroatoms. The number of aromatic amines is 1. The molecule has 2 N–H and O–H groups in total. The van der Waals surface area contributed by atoms with Gasteiger partial charge in [-0.15, -0.1) is 0 Å². The summed E-state index contributed by atoms with van der Waals surface area (Å²) in [5, 5.41) is 16.4. The summed E-state index contributed by atoms with van der Waals surface area (Å²) in [5.74, 6) is -1.47. The summed E-state index contributed by atoms with van der Waals surface area (Å²) < 4.78 is 31.6. The molecule has 0 saturated carbocycles. The number of H-pyrrole nitrogens is 1. The van der Waals surface area contributed by atoms with Crippen LogP contribution in [0.5, 0.6) is 17.2 Å². The molecule has 106 valence electrons. The van der Waals surface area contributed by atoms with Crippen molar-refractivity contribution in [3.05, 3.63) is 60.3 Å². The smallest absolute Gasteiger partial charge is 0.173 e. The molecular formula is C15H10F2N2O2. The Balaban J connectivity index is 1.96. The van der Waals surface area contributed by atoms with Gasteiger partial charge in [0.2, 0.25) is 0 Å². The summed E-state index contributed by atoms with van der Waals surface area (Å²) in [4.78, 5) is 0. The van der Waals surface area contributed by atoms with E-state index in [1.54, 1.807) is 18.2 Å². The lowest BCUT2D eigenvalue weighted by Crippen LogP contribution is -1.89. The van der Waals surface area contributed by atoms with Crippen LogP contribution in [-0.2, 0) is 0 Å².